The van der Waals surface area contributed by atoms with Gasteiger partial charge in [0.2, 0.25) is 5.91 Å². The van der Waals surface area contributed by atoms with Crippen LogP contribution in [-0.4, -0.2) is 39.0 Å². The molecular weight excluding hydrogens is 418 g/mol. The van der Waals surface area contributed by atoms with E-state index in [4.69, 9.17) is 16.3 Å². The molecule has 6 nitrogen and oxygen atoms in total. The van der Waals surface area contributed by atoms with E-state index in [2.05, 4.69) is 18.3 Å². The molecule has 2 aliphatic heterocycles. The maximum absolute atomic E-state index is 13.1. The summed E-state index contributed by atoms with van der Waals surface area (Å²) in [4.78, 5) is 25.8. The average molecular weight is 446 g/mol. The number of carbonyl (C=O) groups excluding carboxylic acids is 2. The number of alkyl halides is 1. The summed E-state index contributed by atoms with van der Waals surface area (Å²) in [6, 6.07) is 3.00. The molecule has 166 valence electrons. The highest BCUT2D eigenvalue weighted by molar-refractivity contribution is 6.21. The predicted molar refractivity (Wildman–Crippen MR) is 116 cm³/mol. The molecule has 1 aromatic carbocycles. The highest BCUT2D eigenvalue weighted by Crippen LogP contribution is 2.72. The molecule has 2 heterocycles. The molecule has 3 N–H and O–H groups in total. The maximum atomic E-state index is 13.1. The van der Waals surface area contributed by atoms with E-state index in [9.17, 15) is 19.8 Å². The van der Waals surface area contributed by atoms with E-state index in [1.54, 1.807) is 19.1 Å². The van der Waals surface area contributed by atoms with Crippen molar-refractivity contribution < 1.29 is 24.5 Å². The topological polar surface area (TPSA) is 95.9 Å². The minimum atomic E-state index is -0.767. The number of ether oxygens (including phenoxy) is 1. The molecule has 7 atom stereocenters. The van der Waals surface area contributed by atoms with Crippen LogP contribution in [-0.2, 0) is 14.3 Å². The summed E-state index contributed by atoms with van der Waals surface area (Å²) in [6.45, 7) is 5.75. The van der Waals surface area contributed by atoms with Gasteiger partial charge >= 0.3 is 0 Å². The van der Waals surface area contributed by atoms with Crippen LogP contribution < -0.4 is 5.32 Å². The Morgan fingerprint density at radius 3 is 2.77 bits per heavy atom. The lowest BCUT2D eigenvalue weighted by atomic mass is 9.51. The fourth-order valence-corrected chi connectivity index (χ4v) is 7.51. The Kier molecular flexibility index (Phi) is 4.36. The quantitative estimate of drug-likeness (QED) is 0.479. The van der Waals surface area contributed by atoms with Gasteiger partial charge in [0.1, 0.15) is 17.2 Å². The van der Waals surface area contributed by atoms with E-state index in [1.165, 1.54) is 6.07 Å². The first-order valence-corrected chi connectivity index (χ1v) is 11.3. The first-order valence-electron chi connectivity index (χ1n) is 10.9. The van der Waals surface area contributed by atoms with Gasteiger partial charge in [-0.05, 0) is 56.2 Å². The second-order valence-corrected chi connectivity index (χ2v) is 10.8. The van der Waals surface area contributed by atoms with Gasteiger partial charge in [0, 0.05) is 23.7 Å². The minimum Gasteiger partial charge on any atom is -0.506 e. The number of benzene rings is 1. The van der Waals surface area contributed by atoms with Crippen LogP contribution in [0.4, 0.5) is 5.69 Å². The van der Waals surface area contributed by atoms with Crippen LogP contribution in [0.2, 0.25) is 0 Å². The number of phenolic OH excluding ortho intramolecular Hbond substituents is 2. The number of hydrogen-bond donors (Lipinski definition) is 3. The van der Waals surface area contributed by atoms with Crippen LogP contribution in [0.3, 0.4) is 0 Å². The maximum Gasteiger partial charge on any atom is 0.224 e. The van der Waals surface area contributed by atoms with Crippen molar-refractivity contribution in [2.24, 2.45) is 22.7 Å². The lowest BCUT2D eigenvalue weighted by Gasteiger charge is -2.55. The van der Waals surface area contributed by atoms with Crippen LogP contribution in [0.25, 0.3) is 0 Å². The number of halogens is 1. The van der Waals surface area contributed by atoms with Crippen molar-refractivity contribution in [2.45, 2.75) is 63.5 Å². The van der Waals surface area contributed by atoms with Crippen LogP contribution >= 0.6 is 11.6 Å². The molecule has 1 amide bonds. The van der Waals surface area contributed by atoms with Gasteiger partial charge in [-0.25, -0.2) is 0 Å². The van der Waals surface area contributed by atoms with Gasteiger partial charge in [0.05, 0.1) is 17.1 Å². The van der Waals surface area contributed by atoms with Gasteiger partial charge in [-0.3, -0.25) is 9.59 Å². The molecule has 3 aliphatic carbocycles. The monoisotopic (exact) mass is 445 g/mol. The van der Waals surface area contributed by atoms with E-state index in [1.807, 2.05) is 6.92 Å². The third-order valence-corrected chi connectivity index (χ3v) is 8.98. The number of phenols is 2. The molecule has 0 aromatic heterocycles. The van der Waals surface area contributed by atoms with Gasteiger partial charge in [-0.1, -0.05) is 19.1 Å². The van der Waals surface area contributed by atoms with Gasteiger partial charge in [0.15, 0.2) is 5.78 Å². The fourth-order valence-electron chi connectivity index (χ4n) is 6.96. The third-order valence-electron chi connectivity index (χ3n) is 8.43. The van der Waals surface area contributed by atoms with E-state index in [0.29, 0.717) is 12.0 Å². The first kappa shape index (κ1) is 20.8. The highest BCUT2D eigenvalue weighted by Gasteiger charge is 2.74. The summed E-state index contributed by atoms with van der Waals surface area (Å²) in [6.07, 6.45) is 5.77. The highest BCUT2D eigenvalue weighted by atomic mass is 35.5. The Morgan fingerprint density at radius 2 is 2.06 bits per heavy atom. The van der Waals surface area contributed by atoms with Crippen molar-refractivity contribution in [3.05, 3.63) is 29.8 Å². The average Bonchev–Trinajstić information content (AvgIpc) is 3.05. The number of amides is 1. The lowest BCUT2D eigenvalue weighted by molar-refractivity contribution is -0.168. The van der Waals surface area contributed by atoms with Crippen molar-refractivity contribution in [1.82, 2.24) is 0 Å². The third kappa shape index (κ3) is 2.74. The van der Waals surface area contributed by atoms with Crippen LogP contribution in [0.15, 0.2) is 24.3 Å². The molecule has 4 bridgehead atoms. The van der Waals surface area contributed by atoms with Crippen molar-refractivity contribution in [3.63, 3.8) is 0 Å². The molecule has 2 saturated carbocycles. The zero-order valence-electron chi connectivity index (χ0n) is 17.9. The molecule has 6 rings (SSSR count). The fraction of sp³-hybridized carbons (Fsp3) is 0.583. The number of hydrogen-bond acceptors (Lipinski definition) is 5. The van der Waals surface area contributed by atoms with Crippen molar-refractivity contribution in [1.29, 1.82) is 0 Å². The van der Waals surface area contributed by atoms with E-state index in [-0.39, 0.29) is 69.6 Å². The Hall–Kier alpha value is -2.05. The molecule has 1 spiro atoms. The largest absolute Gasteiger partial charge is 0.506 e. The Balaban J connectivity index is 1.38. The van der Waals surface area contributed by atoms with Crippen molar-refractivity contribution in [3.8, 4) is 11.5 Å². The van der Waals surface area contributed by atoms with Gasteiger partial charge in [0.25, 0.3) is 0 Å². The molecule has 0 radical (unpaired) electrons. The zero-order chi connectivity index (χ0) is 22.3. The minimum absolute atomic E-state index is 0.00305. The smallest absolute Gasteiger partial charge is 0.224 e. The van der Waals surface area contributed by atoms with Crippen LogP contribution in [0.5, 0.6) is 11.5 Å². The molecular formula is C24H28ClNO5. The Bertz CT molecular complexity index is 1020. The predicted octanol–water partition coefficient (Wildman–Crippen LogP) is 4.06. The molecule has 5 unspecified atom stereocenters. The zero-order valence-corrected chi connectivity index (χ0v) is 18.7. The SMILES string of the molecule is Cc1ccc(O)c(NC(=O)CC[C@]2(C)C(=O)C=CC34CC5[C@H](Cl)C(OC5(C)C3)C42)c1O. The van der Waals surface area contributed by atoms with Crippen molar-refractivity contribution >= 4 is 29.0 Å². The molecule has 2 saturated heterocycles. The second kappa shape index (κ2) is 6.48. The summed E-state index contributed by atoms with van der Waals surface area (Å²) in [5.41, 5.74) is -0.573. The summed E-state index contributed by atoms with van der Waals surface area (Å²) in [5, 5.41) is 22.7. The first-order chi connectivity index (χ1) is 14.5. The number of allylic oxidation sites excluding steroid dienone is 2. The summed E-state index contributed by atoms with van der Waals surface area (Å²) in [7, 11) is 0. The summed E-state index contributed by atoms with van der Waals surface area (Å²) < 4.78 is 6.42. The van der Waals surface area contributed by atoms with Gasteiger partial charge < -0.3 is 20.3 Å². The number of nitrogens with one attached hydrogen (secondary N) is 1. The number of carbonyl (C=O) groups is 2. The molecule has 1 aromatic rings. The van der Waals surface area contributed by atoms with Crippen molar-refractivity contribution in [2.75, 3.05) is 5.32 Å². The number of ketones is 1. The molecule has 4 fully saturated rings. The summed E-state index contributed by atoms with van der Waals surface area (Å²) in [5.74, 6) is -0.505. The normalized spacial score (nSPS) is 42.1. The number of rotatable bonds is 4. The molecule has 5 aliphatic rings. The van der Waals surface area contributed by atoms with E-state index < -0.39 is 5.41 Å². The number of anilines is 1. The lowest BCUT2D eigenvalue weighted by Crippen LogP contribution is -2.58. The number of aryl methyl sites for hydroxylation is 1. The van der Waals surface area contributed by atoms with E-state index in [0.717, 1.165) is 12.8 Å². The molecule has 31 heavy (non-hydrogen) atoms. The van der Waals surface area contributed by atoms with Crippen LogP contribution in [0.1, 0.15) is 45.1 Å². The summed E-state index contributed by atoms with van der Waals surface area (Å²) >= 11 is 6.81. The van der Waals surface area contributed by atoms with Crippen LogP contribution in [0, 0.1) is 29.6 Å². The standard InChI is InChI=1S/C24H28ClNO5/c1-12-4-5-14(27)18(19(12)30)26-16(29)7-8-22(2)15(28)6-9-24-10-13-17(25)20(21(22)24)31-23(13,3)11-24/h4-6,9,13,17,20-21,27,30H,7-8,10-11H2,1-3H3,(H,26,29)/t13?,17-,20?,21?,22+,23?,24?/m0/s1. The Morgan fingerprint density at radius 1 is 1.32 bits per heavy atom. The van der Waals surface area contributed by atoms with Gasteiger partial charge in [-0.2, -0.15) is 0 Å². The number of aromatic hydroxyl groups is 2. The van der Waals surface area contributed by atoms with E-state index >= 15 is 0 Å². The van der Waals surface area contributed by atoms with Gasteiger partial charge in [-0.15, -0.1) is 11.6 Å². The second-order valence-electron chi connectivity index (χ2n) is 10.3. The Labute approximate surface area is 186 Å². The molecule has 7 heteroatoms.